The highest BCUT2D eigenvalue weighted by atomic mass is 79.9. The Kier molecular flexibility index (Phi) is 8.83. The van der Waals surface area contributed by atoms with Gasteiger partial charge in [0.15, 0.2) is 0 Å². The van der Waals surface area contributed by atoms with Crippen LogP contribution < -0.4 is 0 Å². The van der Waals surface area contributed by atoms with Crippen molar-refractivity contribution in [2.45, 2.75) is 32.6 Å². The van der Waals surface area contributed by atoms with E-state index < -0.39 is 0 Å². The lowest BCUT2D eigenvalue weighted by Crippen LogP contribution is -1.95. The lowest BCUT2D eigenvalue weighted by Gasteiger charge is -2.07. The molecule has 0 aromatic carbocycles. The minimum absolute atomic E-state index is 0.912. The van der Waals surface area contributed by atoms with Crippen LogP contribution in [0.15, 0.2) is 0 Å². The van der Waals surface area contributed by atoms with Crippen molar-refractivity contribution in [1.82, 2.24) is 0 Å². The molecule has 0 N–H and O–H groups in total. The van der Waals surface area contributed by atoms with E-state index in [0.29, 0.717) is 0 Å². The van der Waals surface area contributed by atoms with E-state index in [1.54, 1.807) is 0 Å². The molecule has 0 aliphatic rings. The molecule has 62 valence electrons. The zero-order valence-electron chi connectivity index (χ0n) is 6.58. The molecule has 0 aliphatic carbocycles. The van der Waals surface area contributed by atoms with Crippen LogP contribution in [-0.4, -0.2) is 10.7 Å². The predicted octanol–water partition coefficient (Wildman–Crippen LogP) is 3.97. The average Bonchev–Trinajstić information content (AvgIpc) is 1.97. The molecule has 0 nitrogen and oxygen atoms in total. The van der Waals surface area contributed by atoms with Crippen molar-refractivity contribution >= 4 is 31.9 Å². The smallest absolute Gasteiger partial charge is 0.00314 e. The number of rotatable bonds is 6. The van der Waals surface area contributed by atoms with E-state index in [-0.39, 0.29) is 0 Å². The third-order valence-corrected chi connectivity index (χ3v) is 2.78. The number of halogens is 2. The lowest BCUT2D eigenvalue weighted by molar-refractivity contribution is 0.485. The van der Waals surface area contributed by atoms with Gasteiger partial charge in [0.05, 0.1) is 0 Å². The van der Waals surface area contributed by atoms with Gasteiger partial charge in [-0.15, -0.1) is 0 Å². The summed E-state index contributed by atoms with van der Waals surface area (Å²) in [6.45, 7) is 2.34. The molecular weight excluding hydrogens is 256 g/mol. The standard InChI is InChI=1S/C8H16Br2/c1-8(4-2-6-9)5-3-7-10/h8H,2-7H2,1H3. The molecule has 0 radical (unpaired) electrons. The first kappa shape index (κ1) is 11.0. The molecule has 0 saturated carbocycles. The van der Waals surface area contributed by atoms with Gasteiger partial charge in [-0.2, -0.15) is 0 Å². The van der Waals surface area contributed by atoms with Gasteiger partial charge in [-0.3, -0.25) is 0 Å². The second-order valence-corrected chi connectivity index (χ2v) is 4.35. The summed E-state index contributed by atoms with van der Waals surface area (Å²) in [6.07, 6.45) is 5.39. The van der Waals surface area contributed by atoms with Crippen LogP contribution in [0.1, 0.15) is 32.6 Å². The first-order valence-corrected chi connectivity index (χ1v) is 6.17. The van der Waals surface area contributed by atoms with Gasteiger partial charge in [0.1, 0.15) is 0 Å². The Hall–Kier alpha value is 0.960. The predicted molar refractivity (Wildman–Crippen MR) is 55.2 cm³/mol. The van der Waals surface area contributed by atoms with Gasteiger partial charge in [-0.05, 0) is 31.6 Å². The van der Waals surface area contributed by atoms with Crippen LogP contribution >= 0.6 is 31.9 Å². The minimum Gasteiger partial charge on any atom is -0.0928 e. The third kappa shape index (κ3) is 7.07. The van der Waals surface area contributed by atoms with Crippen molar-refractivity contribution in [2.75, 3.05) is 10.7 Å². The number of hydrogen-bond acceptors (Lipinski definition) is 0. The largest absolute Gasteiger partial charge is 0.0928 e. The van der Waals surface area contributed by atoms with Crippen LogP contribution in [-0.2, 0) is 0 Å². The quantitative estimate of drug-likeness (QED) is 0.642. The van der Waals surface area contributed by atoms with Crippen molar-refractivity contribution in [3.63, 3.8) is 0 Å². The topological polar surface area (TPSA) is 0 Å². The highest BCUT2D eigenvalue weighted by Crippen LogP contribution is 2.13. The summed E-state index contributed by atoms with van der Waals surface area (Å²) in [5.74, 6) is 0.912. The van der Waals surface area contributed by atoms with Gasteiger partial charge < -0.3 is 0 Å². The summed E-state index contributed by atoms with van der Waals surface area (Å²) in [5, 5.41) is 2.32. The summed E-state index contributed by atoms with van der Waals surface area (Å²) in [7, 11) is 0. The summed E-state index contributed by atoms with van der Waals surface area (Å²) >= 11 is 6.87. The van der Waals surface area contributed by atoms with E-state index in [9.17, 15) is 0 Å². The Morgan fingerprint density at radius 3 is 1.70 bits per heavy atom. The van der Waals surface area contributed by atoms with Crippen molar-refractivity contribution in [3.05, 3.63) is 0 Å². The fourth-order valence-electron chi connectivity index (χ4n) is 0.996. The molecule has 0 atom stereocenters. The van der Waals surface area contributed by atoms with E-state index >= 15 is 0 Å². The first-order valence-electron chi connectivity index (χ1n) is 3.93. The molecule has 0 bridgehead atoms. The summed E-state index contributed by atoms with van der Waals surface area (Å²) in [6, 6.07) is 0. The summed E-state index contributed by atoms with van der Waals surface area (Å²) in [4.78, 5) is 0. The van der Waals surface area contributed by atoms with E-state index in [1.165, 1.54) is 25.7 Å². The Bertz CT molecular complexity index is 56.3. The molecule has 10 heavy (non-hydrogen) atoms. The molecule has 0 heterocycles. The van der Waals surface area contributed by atoms with Crippen LogP contribution in [0, 0.1) is 5.92 Å². The van der Waals surface area contributed by atoms with Gasteiger partial charge in [0, 0.05) is 10.7 Å². The monoisotopic (exact) mass is 270 g/mol. The Balaban J connectivity index is 3.00. The molecule has 2 heteroatoms. The third-order valence-electron chi connectivity index (χ3n) is 1.66. The Labute approximate surface area is 81.0 Å². The maximum absolute atomic E-state index is 3.44. The molecule has 0 rings (SSSR count). The van der Waals surface area contributed by atoms with Crippen molar-refractivity contribution in [1.29, 1.82) is 0 Å². The summed E-state index contributed by atoms with van der Waals surface area (Å²) < 4.78 is 0. The molecule has 0 aromatic heterocycles. The van der Waals surface area contributed by atoms with E-state index in [1.807, 2.05) is 0 Å². The van der Waals surface area contributed by atoms with Gasteiger partial charge in [0.25, 0.3) is 0 Å². The first-order chi connectivity index (χ1) is 4.81. The highest BCUT2D eigenvalue weighted by molar-refractivity contribution is 9.09. The average molecular weight is 272 g/mol. The molecule has 0 aromatic rings. The second kappa shape index (κ2) is 8.06. The van der Waals surface area contributed by atoms with E-state index in [0.717, 1.165) is 16.6 Å². The highest BCUT2D eigenvalue weighted by Gasteiger charge is 1.99. The minimum atomic E-state index is 0.912. The van der Waals surface area contributed by atoms with Crippen molar-refractivity contribution in [2.24, 2.45) is 5.92 Å². The summed E-state index contributed by atoms with van der Waals surface area (Å²) in [5.41, 5.74) is 0. The molecule has 0 unspecified atom stereocenters. The molecule has 0 spiro atoms. The maximum atomic E-state index is 3.44. The SMILES string of the molecule is CC(CCCBr)CCCBr. The second-order valence-electron chi connectivity index (χ2n) is 2.77. The Morgan fingerprint density at radius 2 is 1.40 bits per heavy atom. The molecule has 0 aliphatic heterocycles. The van der Waals surface area contributed by atoms with E-state index in [4.69, 9.17) is 0 Å². The van der Waals surface area contributed by atoms with Crippen LogP contribution in [0.4, 0.5) is 0 Å². The Morgan fingerprint density at radius 1 is 1.00 bits per heavy atom. The zero-order valence-corrected chi connectivity index (χ0v) is 9.75. The van der Waals surface area contributed by atoms with Crippen molar-refractivity contribution in [3.8, 4) is 0 Å². The van der Waals surface area contributed by atoms with E-state index in [2.05, 4.69) is 38.8 Å². The van der Waals surface area contributed by atoms with Crippen LogP contribution in [0.3, 0.4) is 0 Å². The molecule has 0 amide bonds. The normalized spacial score (nSPS) is 10.8. The lowest BCUT2D eigenvalue weighted by atomic mass is 10.0. The van der Waals surface area contributed by atoms with Gasteiger partial charge in [-0.25, -0.2) is 0 Å². The van der Waals surface area contributed by atoms with Crippen molar-refractivity contribution < 1.29 is 0 Å². The van der Waals surface area contributed by atoms with Crippen LogP contribution in [0.25, 0.3) is 0 Å². The fraction of sp³-hybridized carbons (Fsp3) is 1.00. The molecular formula is C8H16Br2. The fourth-order valence-corrected chi connectivity index (χ4v) is 1.64. The molecule has 0 fully saturated rings. The van der Waals surface area contributed by atoms with Gasteiger partial charge in [0.2, 0.25) is 0 Å². The van der Waals surface area contributed by atoms with Gasteiger partial charge >= 0.3 is 0 Å². The number of alkyl halides is 2. The number of hydrogen-bond donors (Lipinski definition) is 0. The molecule has 0 saturated heterocycles. The maximum Gasteiger partial charge on any atom is 0.00314 e. The van der Waals surface area contributed by atoms with Gasteiger partial charge in [-0.1, -0.05) is 38.8 Å². The zero-order chi connectivity index (χ0) is 7.82. The van der Waals surface area contributed by atoms with Crippen LogP contribution in [0.2, 0.25) is 0 Å². The van der Waals surface area contributed by atoms with Crippen LogP contribution in [0.5, 0.6) is 0 Å².